The van der Waals surface area contributed by atoms with E-state index in [1.807, 2.05) is 34.3 Å². The summed E-state index contributed by atoms with van der Waals surface area (Å²) in [4.78, 5) is 17.1. The predicted octanol–water partition coefficient (Wildman–Crippen LogP) is 2.81. The van der Waals surface area contributed by atoms with E-state index in [-0.39, 0.29) is 11.8 Å². The summed E-state index contributed by atoms with van der Waals surface area (Å²) in [6.45, 7) is 1.32. The van der Waals surface area contributed by atoms with Crippen molar-refractivity contribution < 1.29 is 4.79 Å². The zero-order valence-electron chi connectivity index (χ0n) is 13.9. The number of benzene rings is 1. The Kier molecular flexibility index (Phi) is 4.61. The first kappa shape index (κ1) is 16.0. The Morgan fingerprint density at radius 2 is 2.16 bits per heavy atom. The molecular formula is C19H20N4OS. The minimum Gasteiger partial charge on any atom is -0.350 e. The van der Waals surface area contributed by atoms with Gasteiger partial charge in [-0.25, -0.2) is 4.98 Å². The van der Waals surface area contributed by atoms with Crippen LogP contribution in [0.3, 0.4) is 0 Å². The fourth-order valence-electron chi connectivity index (χ4n) is 3.20. The summed E-state index contributed by atoms with van der Waals surface area (Å²) in [5.74, 6) is 0.150. The second kappa shape index (κ2) is 7.19. The molecule has 4 rings (SSSR count). The third-order valence-corrected chi connectivity index (χ3v) is 5.46. The van der Waals surface area contributed by atoms with Gasteiger partial charge in [-0.15, -0.1) is 11.3 Å². The standard InChI is InChI=1S/C19H20N4OS/c24-19(15-7-9-23-17(11-15)6-8-21-23)20-12-16-13-25-18(22-16)10-14-4-2-1-3-5-14/h1-6,8,13,15H,7,9-12H2,(H,20,24). The maximum atomic E-state index is 12.4. The van der Waals surface area contributed by atoms with E-state index in [9.17, 15) is 4.79 Å². The number of carbonyl (C=O) groups excluding carboxylic acids is 1. The lowest BCUT2D eigenvalue weighted by Gasteiger charge is -2.22. The van der Waals surface area contributed by atoms with Crippen molar-refractivity contribution in [2.24, 2.45) is 5.92 Å². The Morgan fingerprint density at radius 3 is 3.04 bits per heavy atom. The van der Waals surface area contributed by atoms with E-state index >= 15 is 0 Å². The van der Waals surface area contributed by atoms with Crippen LogP contribution in [0.25, 0.3) is 0 Å². The topological polar surface area (TPSA) is 59.8 Å². The molecule has 1 aromatic carbocycles. The van der Waals surface area contributed by atoms with E-state index in [2.05, 4.69) is 27.5 Å². The van der Waals surface area contributed by atoms with Crippen molar-refractivity contribution in [2.45, 2.75) is 32.4 Å². The molecule has 5 nitrogen and oxygen atoms in total. The van der Waals surface area contributed by atoms with Crippen LogP contribution in [0.15, 0.2) is 48.0 Å². The summed E-state index contributed by atoms with van der Waals surface area (Å²) in [5.41, 5.74) is 3.33. The second-order valence-electron chi connectivity index (χ2n) is 6.35. The molecule has 1 amide bonds. The molecule has 0 saturated heterocycles. The molecule has 1 atom stereocenters. The molecule has 128 valence electrons. The molecule has 3 heterocycles. The summed E-state index contributed by atoms with van der Waals surface area (Å²) >= 11 is 1.65. The minimum atomic E-state index is 0.0339. The predicted molar refractivity (Wildman–Crippen MR) is 97.2 cm³/mol. The SMILES string of the molecule is O=C(NCc1csc(Cc2ccccc2)n1)C1CCn2nccc2C1. The van der Waals surface area contributed by atoms with Gasteiger partial charge >= 0.3 is 0 Å². The normalized spacial score (nSPS) is 16.4. The second-order valence-corrected chi connectivity index (χ2v) is 7.29. The number of carbonyl (C=O) groups is 1. The molecule has 1 N–H and O–H groups in total. The van der Waals surface area contributed by atoms with Gasteiger partial charge in [0.15, 0.2) is 0 Å². The molecule has 0 spiro atoms. The maximum absolute atomic E-state index is 12.4. The van der Waals surface area contributed by atoms with Gasteiger partial charge in [0, 0.05) is 42.6 Å². The number of nitrogens with one attached hydrogen (secondary N) is 1. The first-order chi connectivity index (χ1) is 12.3. The molecule has 0 fully saturated rings. The number of thiazole rings is 1. The molecule has 25 heavy (non-hydrogen) atoms. The third-order valence-electron chi connectivity index (χ3n) is 4.56. The molecule has 0 bridgehead atoms. The van der Waals surface area contributed by atoms with Crippen LogP contribution in [0.1, 0.15) is 28.4 Å². The highest BCUT2D eigenvalue weighted by atomic mass is 32.1. The Morgan fingerprint density at radius 1 is 1.28 bits per heavy atom. The first-order valence-corrected chi connectivity index (χ1v) is 9.41. The fraction of sp³-hybridized carbons (Fsp3) is 0.316. The third kappa shape index (κ3) is 3.79. The van der Waals surface area contributed by atoms with Crippen molar-refractivity contribution >= 4 is 17.2 Å². The largest absolute Gasteiger partial charge is 0.350 e. The summed E-state index contributed by atoms with van der Waals surface area (Å²) in [7, 11) is 0. The quantitative estimate of drug-likeness (QED) is 0.768. The molecule has 0 aliphatic carbocycles. The molecule has 3 aromatic rings. The first-order valence-electron chi connectivity index (χ1n) is 8.53. The molecule has 2 aromatic heterocycles. The van der Waals surface area contributed by atoms with E-state index in [4.69, 9.17) is 0 Å². The van der Waals surface area contributed by atoms with Crippen molar-refractivity contribution in [3.63, 3.8) is 0 Å². The molecule has 1 unspecified atom stereocenters. The Bertz CT molecular complexity index is 855. The van der Waals surface area contributed by atoms with Gasteiger partial charge in [-0.2, -0.15) is 5.10 Å². The van der Waals surface area contributed by atoms with E-state index in [1.165, 1.54) is 5.56 Å². The lowest BCUT2D eigenvalue weighted by molar-refractivity contribution is -0.125. The van der Waals surface area contributed by atoms with Crippen LogP contribution in [0, 0.1) is 5.92 Å². The summed E-state index contributed by atoms with van der Waals surface area (Å²) in [6.07, 6.45) is 4.25. The summed E-state index contributed by atoms with van der Waals surface area (Å²) in [6, 6.07) is 12.3. The zero-order chi connectivity index (χ0) is 17.1. The van der Waals surface area contributed by atoms with Gasteiger partial charge in [-0.05, 0) is 18.1 Å². The highest BCUT2D eigenvalue weighted by Gasteiger charge is 2.24. The average Bonchev–Trinajstić information content (AvgIpc) is 3.29. The van der Waals surface area contributed by atoms with Gasteiger partial charge in [0.25, 0.3) is 0 Å². The molecule has 0 radical (unpaired) electrons. The lowest BCUT2D eigenvalue weighted by atomic mass is 9.95. The number of fused-ring (bicyclic) bond motifs is 1. The van der Waals surface area contributed by atoms with Crippen LogP contribution in [0.4, 0.5) is 0 Å². The zero-order valence-corrected chi connectivity index (χ0v) is 14.7. The maximum Gasteiger partial charge on any atom is 0.223 e. The fourth-order valence-corrected chi connectivity index (χ4v) is 4.02. The van der Waals surface area contributed by atoms with Crippen LogP contribution in [-0.2, 0) is 30.7 Å². The molecule has 1 aliphatic heterocycles. The van der Waals surface area contributed by atoms with Crippen molar-refractivity contribution in [2.75, 3.05) is 0 Å². The van der Waals surface area contributed by atoms with Crippen LogP contribution < -0.4 is 5.32 Å². The van der Waals surface area contributed by atoms with Crippen molar-refractivity contribution in [1.29, 1.82) is 0 Å². The van der Waals surface area contributed by atoms with Crippen LogP contribution in [-0.4, -0.2) is 20.7 Å². The van der Waals surface area contributed by atoms with E-state index < -0.39 is 0 Å². The molecular weight excluding hydrogens is 332 g/mol. The molecule has 0 saturated carbocycles. The summed E-state index contributed by atoms with van der Waals surface area (Å²) < 4.78 is 1.99. The minimum absolute atomic E-state index is 0.0339. The smallest absolute Gasteiger partial charge is 0.223 e. The Labute approximate surface area is 150 Å². The van der Waals surface area contributed by atoms with Gasteiger partial charge in [-0.1, -0.05) is 30.3 Å². The summed E-state index contributed by atoms with van der Waals surface area (Å²) in [5, 5.41) is 10.4. The highest BCUT2D eigenvalue weighted by molar-refractivity contribution is 7.09. The molecule has 6 heteroatoms. The van der Waals surface area contributed by atoms with Gasteiger partial charge < -0.3 is 5.32 Å². The van der Waals surface area contributed by atoms with Crippen molar-refractivity contribution in [1.82, 2.24) is 20.1 Å². The monoisotopic (exact) mass is 352 g/mol. The van der Waals surface area contributed by atoms with E-state index in [0.29, 0.717) is 6.54 Å². The van der Waals surface area contributed by atoms with Crippen LogP contribution >= 0.6 is 11.3 Å². The van der Waals surface area contributed by atoms with Gasteiger partial charge in [0.05, 0.1) is 17.2 Å². The van der Waals surface area contributed by atoms with Crippen LogP contribution in [0.5, 0.6) is 0 Å². The van der Waals surface area contributed by atoms with Gasteiger partial charge in [0.1, 0.15) is 0 Å². The number of hydrogen-bond donors (Lipinski definition) is 1. The van der Waals surface area contributed by atoms with Gasteiger partial charge in [0.2, 0.25) is 5.91 Å². The lowest BCUT2D eigenvalue weighted by Crippen LogP contribution is -2.35. The van der Waals surface area contributed by atoms with E-state index in [1.54, 1.807) is 17.5 Å². The average molecular weight is 352 g/mol. The van der Waals surface area contributed by atoms with Gasteiger partial charge in [-0.3, -0.25) is 9.48 Å². The number of amides is 1. The number of rotatable bonds is 5. The van der Waals surface area contributed by atoms with Crippen molar-refractivity contribution in [3.05, 3.63) is 69.9 Å². The molecule has 1 aliphatic rings. The van der Waals surface area contributed by atoms with Crippen molar-refractivity contribution in [3.8, 4) is 0 Å². The number of nitrogens with zero attached hydrogens (tertiary/aromatic N) is 3. The number of hydrogen-bond acceptors (Lipinski definition) is 4. The van der Waals surface area contributed by atoms with Crippen LogP contribution in [0.2, 0.25) is 0 Å². The highest BCUT2D eigenvalue weighted by Crippen LogP contribution is 2.20. The Balaban J connectivity index is 1.31. The van der Waals surface area contributed by atoms with E-state index in [0.717, 1.165) is 42.2 Å². The number of aromatic nitrogens is 3. The number of aryl methyl sites for hydroxylation is 1. The Hall–Kier alpha value is -2.47.